The average Bonchev–Trinajstić information content (AvgIpc) is 2.67. The standard InChI is InChI=1S/C24H31NO2/c1-18-14-21(20-10-6-3-7-11-20)17-23(15-18)25-22(12-13-24(26)27)16-19-8-4-2-5-9-19/h2-11,18,21-23,25H,12-17H2,1H3,(H,26,27). The van der Waals surface area contributed by atoms with Crippen LogP contribution in [0.4, 0.5) is 0 Å². The Balaban J connectivity index is 1.66. The smallest absolute Gasteiger partial charge is 0.303 e. The number of carbonyl (C=O) groups is 1. The summed E-state index contributed by atoms with van der Waals surface area (Å²) >= 11 is 0. The van der Waals surface area contributed by atoms with Crippen molar-refractivity contribution in [3.05, 3.63) is 71.8 Å². The van der Waals surface area contributed by atoms with E-state index in [1.54, 1.807) is 0 Å². The number of benzene rings is 2. The third kappa shape index (κ3) is 6.21. The van der Waals surface area contributed by atoms with Crippen molar-refractivity contribution in [1.82, 2.24) is 5.32 Å². The van der Waals surface area contributed by atoms with Gasteiger partial charge in [0.2, 0.25) is 0 Å². The van der Waals surface area contributed by atoms with Crippen molar-refractivity contribution in [2.24, 2.45) is 5.92 Å². The number of rotatable bonds is 8. The molecule has 4 unspecified atom stereocenters. The van der Waals surface area contributed by atoms with E-state index in [0.717, 1.165) is 12.8 Å². The molecule has 0 heterocycles. The Labute approximate surface area is 162 Å². The Kier molecular flexibility index (Phi) is 7.05. The molecule has 3 nitrogen and oxygen atoms in total. The number of carboxylic acids is 1. The van der Waals surface area contributed by atoms with Gasteiger partial charge >= 0.3 is 5.97 Å². The maximum atomic E-state index is 11.1. The van der Waals surface area contributed by atoms with Crippen LogP contribution >= 0.6 is 0 Å². The molecule has 0 amide bonds. The molecule has 0 saturated heterocycles. The van der Waals surface area contributed by atoms with Crippen molar-refractivity contribution in [1.29, 1.82) is 0 Å². The quantitative estimate of drug-likeness (QED) is 0.690. The van der Waals surface area contributed by atoms with Crippen molar-refractivity contribution in [2.45, 2.75) is 63.5 Å². The molecule has 1 aliphatic rings. The second-order valence-corrected chi connectivity index (χ2v) is 8.10. The molecule has 1 fully saturated rings. The van der Waals surface area contributed by atoms with Gasteiger partial charge in [-0.25, -0.2) is 0 Å². The van der Waals surface area contributed by atoms with Crippen LogP contribution in [0.3, 0.4) is 0 Å². The lowest BCUT2D eigenvalue weighted by molar-refractivity contribution is -0.137. The van der Waals surface area contributed by atoms with E-state index in [1.165, 1.54) is 24.0 Å². The minimum absolute atomic E-state index is 0.204. The van der Waals surface area contributed by atoms with Crippen molar-refractivity contribution in [3.8, 4) is 0 Å². The summed E-state index contributed by atoms with van der Waals surface area (Å²) in [7, 11) is 0. The second kappa shape index (κ2) is 9.70. The zero-order chi connectivity index (χ0) is 19.1. The van der Waals surface area contributed by atoms with Crippen molar-refractivity contribution >= 4 is 5.97 Å². The zero-order valence-electron chi connectivity index (χ0n) is 16.2. The van der Waals surface area contributed by atoms with Crippen LogP contribution in [0.15, 0.2) is 60.7 Å². The van der Waals surface area contributed by atoms with Gasteiger partial charge in [0.05, 0.1) is 0 Å². The number of aliphatic carboxylic acids is 1. The molecule has 2 aromatic carbocycles. The second-order valence-electron chi connectivity index (χ2n) is 8.10. The highest BCUT2D eigenvalue weighted by atomic mass is 16.4. The van der Waals surface area contributed by atoms with E-state index in [1.807, 2.05) is 6.07 Å². The lowest BCUT2D eigenvalue weighted by Crippen LogP contribution is -2.43. The number of carboxylic acid groups (broad SMARTS) is 1. The predicted octanol–water partition coefficient (Wildman–Crippen LogP) is 5.02. The van der Waals surface area contributed by atoms with E-state index in [4.69, 9.17) is 5.11 Å². The summed E-state index contributed by atoms with van der Waals surface area (Å²) in [5, 5.41) is 13.0. The predicted molar refractivity (Wildman–Crippen MR) is 110 cm³/mol. The van der Waals surface area contributed by atoms with Gasteiger partial charge < -0.3 is 10.4 Å². The Bertz CT molecular complexity index is 701. The molecule has 0 aliphatic heterocycles. The molecule has 3 heteroatoms. The molecule has 4 atom stereocenters. The summed E-state index contributed by atoms with van der Waals surface area (Å²) in [5.74, 6) is 0.552. The van der Waals surface area contributed by atoms with Crippen molar-refractivity contribution in [2.75, 3.05) is 0 Å². The molecule has 2 aromatic rings. The van der Waals surface area contributed by atoms with E-state index in [-0.39, 0.29) is 12.5 Å². The fourth-order valence-electron chi connectivity index (χ4n) is 4.51. The molecule has 3 rings (SSSR count). The first-order valence-corrected chi connectivity index (χ1v) is 10.2. The van der Waals surface area contributed by atoms with E-state index < -0.39 is 5.97 Å². The van der Waals surface area contributed by atoms with Crippen LogP contribution in [-0.4, -0.2) is 23.2 Å². The van der Waals surface area contributed by atoms with Gasteiger partial charge in [-0.2, -0.15) is 0 Å². The fourth-order valence-corrected chi connectivity index (χ4v) is 4.51. The Morgan fingerprint density at radius 1 is 1.04 bits per heavy atom. The van der Waals surface area contributed by atoms with Gasteiger partial charge in [0.25, 0.3) is 0 Å². The monoisotopic (exact) mass is 365 g/mol. The summed E-state index contributed by atoms with van der Waals surface area (Å²) in [5.41, 5.74) is 2.70. The molecule has 0 bridgehead atoms. The third-order valence-electron chi connectivity index (χ3n) is 5.72. The van der Waals surface area contributed by atoms with Crippen LogP contribution < -0.4 is 5.32 Å². The highest BCUT2D eigenvalue weighted by Crippen LogP contribution is 2.36. The minimum atomic E-state index is -0.714. The van der Waals surface area contributed by atoms with Crippen molar-refractivity contribution in [3.63, 3.8) is 0 Å². The van der Waals surface area contributed by atoms with E-state index in [0.29, 0.717) is 24.3 Å². The SMILES string of the molecule is CC1CC(NC(CCC(=O)O)Cc2ccccc2)CC(c2ccccc2)C1. The molecule has 1 aliphatic carbocycles. The third-order valence-corrected chi connectivity index (χ3v) is 5.72. The van der Waals surface area contributed by atoms with Gasteiger partial charge in [-0.3, -0.25) is 4.79 Å². The number of hydrogen-bond donors (Lipinski definition) is 2. The summed E-state index contributed by atoms with van der Waals surface area (Å²) in [4.78, 5) is 11.1. The van der Waals surface area contributed by atoms with Crippen molar-refractivity contribution < 1.29 is 9.90 Å². The molecular weight excluding hydrogens is 334 g/mol. The van der Waals surface area contributed by atoms with Gasteiger partial charge in [-0.1, -0.05) is 67.6 Å². The molecule has 0 radical (unpaired) electrons. The zero-order valence-corrected chi connectivity index (χ0v) is 16.2. The molecule has 1 saturated carbocycles. The van der Waals surface area contributed by atoms with E-state index >= 15 is 0 Å². The van der Waals surface area contributed by atoms with Gasteiger partial charge in [0.15, 0.2) is 0 Å². The number of nitrogens with one attached hydrogen (secondary N) is 1. The van der Waals surface area contributed by atoms with Crippen LogP contribution in [0.1, 0.15) is 56.1 Å². The number of hydrogen-bond acceptors (Lipinski definition) is 2. The van der Waals surface area contributed by atoms with E-state index in [9.17, 15) is 4.79 Å². The first kappa shape index (κ1) is 19.6. The highest BCUT2D eigenvalue weighted by Gasteiger charge is 2.29. The Morgan fingerprint density at radius 2 is 1.70 bits per heavy atom. The molecule has 27 heavy (non-hydrogen) atoms. The van der Waals surface area contributed by atoms with Crippen LogP contribution in [-0.2, 0) is 11.2 Å². The van der Waals surface area contributed by atoms with Gasteiger partial charge in [0, 0.05) is 18.5 Å². The molecule has 144 valence electrons. The van der Waals surface area contributed by atoms with Gasteiger partial charge in [-0.15, -0.1) is 0 Å². The Morgan fingerprint density at radius 3 is 2.37 bits per heavy atom. The first-order chi connectivity index (χ1) is 13.1. The van der Waals surface area contributed by atoms with Crippen LogP contribution in [0, 0.1) is 5.92 Å². The summed E-state index contributed by atoms with van der Waals surface area (Å²) in [6.45, 7) is 2.34. The Hall–Kier alpha value is -2.13. The topological polar surface area (TPSA) is 49.3 Å². The maximum absolute atomic E-state index is 11.1. The summed E-state index contributed by atoms with van der Waals surface area (Å²) < 4.78 is 0. The molecular formula is C24H31NO2. The highest BCUT2D eigenvalue weighted by molar-refractivity contribution is 5.66. The molecule has 0 spiro atoms. The lowest BCUT2D eigenvalue weighted by Gasteiger charge is -2.36. The molecule has 0 aromatic heterocycles. The van der Waals surface area contributed by atoms with Crippen LogP contribution in [0.5, 0.6) is 0 Å². The van der Waals surface area contributed by atoms with Crippen LogP contribution in [0.25, 0.3) is 0 Å². The molecule has 2 N–H and O–H groups in total. The maximum Gasteiger partial charge on any atom is 0.303 e. The minimum Gasteiger partial charge on any atom is -0.481 e. The first-order valence-electron chi connectivity index (χ1n) is 10.2. The normalized spacial score (nSPS) is 23.7. The van der Waals surface area contributed by atoms with Gasteiger partial charge in [-0.05, 0) is 55.1 Å². The summed E-state index contributed by atoms with van der Waals surface area (Å²) in [6.07, 6.45) is 5.31. The average molecular weight is 366 g/mol. The van der Waals surface area contributed by atoms with E-state index in [2.05, 4.69) is 66.8 Å². The van der Waals surface area contributed by atoms with Crippen LogP contribution in [0.2, 0.25) is 0 Å². The van der Waals surface area contributed by atoms with Gasteiger partial charge in [0.1, 0.15) is 0 Å². The lowest BCUT2D eigenvalue weighted by atomic mass is 9.76. The summed E-state index contributed by atoms with van der Waals surface area (Å²) in [6, 6.07) is 21.9. The largest absolute Gasteiger partial charge is 0.481 e. The fraction of sp³-hybridized carbons (Fsp3) is 0.458.